The van der Waals surface area contributed by atoms with E-state index in [0.29, 0.717) is 60.2 Å². The van der Waals surface area contributed by atoms with Crippen molar-refractivity contribution in [3.63, 3.8) is 0 Å². The molecule has 6 heterocycles. The molecule has 358 valence electrons. The van der Waals surface area contributed by atoms with E-state index in [1.54, 1.807) is 61.2 Å². The lowest BCUT2D eigenvalue weighted by Crippen LogP contribution is -2.33. The van der Waals surface area contributed by atoms with E-state index in [1.165, 1.54) is 38.9 Å². The van der Waals surface area contributed by atoms with Crippen molar-refractivity contribution >= 4 is 87.9 Å². The van der Waals surface area contributed by atoms with E-state index in [9.17, 15) is 19.2 Å². The molecule has 0 saturated carbocycles. The number of hydrogen-bond acceptors (Lipinski definition) is 9. The normalized spacial score (nSPS) is 12.7. The zero-order chi connectivity index (χ0) is 50.8. The first-order chi connectivity index (χ1) is 33.5. The van der Waals surface area contributed by atoms with Crippen LogP contribution in [0.5, 0.6) is 0 Å². The fourth-order valence-corrected chi connectivity index (χ4v) is 6.84. The van der Waals surface area contributed by atoms with Gasteiger partial charge in [-0.25, -0.2) is 19.3 Å². The maximum atomic E-state index is 12.8. The zero-order valence-corrected chi connectivity index (χ0v) is 40.7. The van der Waals surface area contributed by atoms with Gasteiger partial charge in [-0.3, -0.25) is 19.3 Å². The number of allylic oxidation sites excluding steroid dienone is 1. The predicted molar refractivity (Wildman–Crippen MR) is 271 cm³/mol. The maximum absolute atomic E-state index is 12.8. The second-order valence-electron chi connectivity index (χ2n) is 15.6. The van der Waals surface area contributed by atoms with E-state index in [1.807, 2.05) is 30.5 Å². The summed E-state index contributed by atoms with van der Waals surface area (Å²) in [5, 5.41) is 26.6. The number of para-hydroxylation sites is 1. The third kappa shape index (κ3) is 15.2. The number of urea groups is 1. The van der Waals surface area contributed by atoms with Crippen LogP contribution in [-0.4, -0.2) is 93.0 Å². The average molecular weight is 1000 g/mol. The van der Waals surface area contributed by atoms with Gasteiger partial charge in [-0.2, -0.15) is 10.4 Å². The summed E-state index contributed by atoms with van der Waals surface area (Å²) >= 11 is 16.8. The number of nitrogens with two attached hydrogens (primary N) is 1. The lowest BCUT2D eigenvalue weighted by atomic mass is 10.1. The summed E-state index contributed by atoms with van der Waals surface area (Å²) in [6.07, 6.45) is 12.7. The molecule has 17 nitrogen and oxygen atoms in total. The van der Waals surface area contributed by atoms with Crippen molar-refractivity contribution in [2.24, 2.45) is 5.73 Å². The molecule has 7 aromatic rings. The number of H-pyrrole nitrogens is 2. The van der Waals surface area contributed by atoms with Crippen molar-refractivity contribution in [1.29, 1.82) is 10.7 Å². The standard InChI is InChI=1S/C22H17ClN6O2.C16H15N3.C9H10N4O2.C3H6Cl2/c23-17-7-3-6-16-14(12-25-20(16)17)11-18-21(30)28(22(31)27-18)10-2-1-5-15-13-24-19-8-4-9-26-29(15)19;1-12-5-6-13(2)14(10-12)7-8-15-11-18-16(19-15)4-3-9-17;10-5-7-1-2-8(9(11)15)13(7)4-3-12-6-14;1-3(2,4)5/h3-4,6-9,12-13,18,25H,2,10-11H2,(H,27,31);3-6,9-11,17H,1-2H3,(H,18,19);1-2,6H,3-4H2,(H2,11,15)(H,12,14);1-2H3/b;4-3-,17-9?;;. The Balaban J connectivity index is 0.000000200. The summed E-state index contributed by atoms with van der Waals surface area (Å²) in [7, 11) is 0. The largest absolute Gasteiger partial charge is 0.364 e. The van der Waals surface area contributed by atoms with Crippen LogP contribution in [0.15, 0.2) is 91.5 Å². The number of halogens is 3. The fourth-order valence-electron chi connectivity index (χ4n) is 6.61. The number of aromatic nitrogens is 7. The number of primary amides is 1. The van der Waals surface area contributed by atoms with Crippen molar-refractivity contribution in [2.75, 3.05) is 13.1 Å². The predicted octanol–water partition coefficient (Wildman–Crippen LogP) is 7.26. The molecule has 70 heavy (non-hydrogen) atoms. The third-order valence-corrected chi connectivity index (χ3v) is 10.1. The highest BCUT2D eigenvalue weighted by atomic mass is 35.5. The van der Waals surface area contributed by atoms with Gasteiger partial charge in [-0.05, 0) is 105 Å². The van der Waals surface area contributed by atoms with Crippen molar-refractivity contribution in [2.45, 2.75) is 57.5 Å². The number of nitrogens with one attached hydrogen (secondary N) is 5. The summed E-state index contributed by atoms with van der Waals surface area (Å²) in [5.41, 5.74) is 13.0. The van der Waals surface area contributed by atoms with Crippen LogP contribution in [0.4, 0.5) is 4.79 Å². The highest BCUT2D eigenvalue weighted by Crippen LogP contribution is 2.27. The Kier molecular flexibility index (Phi) is 19.1. The van der Waals surface area contributed by atoms with Crippen molar-refractivity contribution < 1.29 is 19.2 Å². The summed E-state index contributed by atoms with van der Waals surface area (Å²) in [6, 6.07) is 19.4. The number of carbonyl (C=O) groups is 4. The minimum Gasteiger partial charge on any atom is -0.364 e. The van der Waals surface area contributed by atoms with E-state index in [0.717, 1.165) is 27.7 Å². The topological polar surface area (TPSA) is 249 Å². The molecular weight excluding hydrogens is 953 g/mol. The molecule has 0 bridgehead atoms. The molecule has 1 aliphatic heterocycles. The molecule has 0 spiro atoms. The summed E-state index contributed by atoms with van der Waals surface area (Å²) in [6.45, 7) is 8.44. The van der Waals surface area contributed by atoms with Crippen LogP contribution in [0.25, 0.3) is 22.6 Å². The number of fused-ring (bicyclic) bond motifs is 2. The van der Waals surface area contributed by atoms with Gasteiger partial charge >= 0.3 is 6.03 Å². The van der Waals surface area contributed by atoms with E-state index in [2.05, 4.69) is 91.4 Å². The Bertz CT molecular complexity index is 3200. The van der Waals surface area contributed by atoms with Crippen molar-refractivity contribution in [1.82, 2.24) is 49.7 Å². The number of nitriles is 1. The van der Waals surface area contributed by atoms with E-state index in [4.69, 9.17) is 51.2 Å². The van der Waals surface area contributed by atoms with Crippen molar-refractivity contribution in [3.8, 4) is 29.8 Å². The number of rotatable bonds is 11. The molecule has 1 fully saturated rings. The Morgan fingerprint density at radius 2 is 1.80 bits per heavy atom. The van der Waals surface area contributed by atoms with Gasteiger partial charge in [0.25, 0.3) is 11.8 Å². The first kappa shape index (κ1) is 52.8. The fraction of sp³-hybridized carbons (Fsp3) is 0.220. The van der Waals surface area contributed by atoms with Crippen LogP contribution in [-0.2, 0) is 22.6 Å². The lowest BCUT2D eigenvalue weighted by Gasteiger charge is -2.10. The number of imidazole rings is 2. The molecular formula is C50H48Cl3N13O4. The number of hydrogen-bond donors (Lipinski definition) is 6. The number of alkyl halides is 2. The van der Waals surface area contributed by atoms with Gasteiger partial charge in [0.05, 0.1) is 22.9 Å². The van der Waals surface area contributed by atoms with Crippen LogP contribution < -0.4 is 16.4 Å². The average Bonchev–Trinajstić information content (AvgIpc) is 4.17. The molecule has 20 heteroatoms. The first-order valence-corrected chi connectivity index (χ1v) is 22.5. The Morgan fingerprint density at radius 3 is 2.53 bits per heavy atom. The molecule has 5 aromatic heterocycles. The molecule has 7 N–H and O–H groups in total. The van der Waals surface area contributed by atoms with E-state index < -0.39 is 22.3 Å². The van der Waals surface area contributed by atoms with Gasteiger partial charge < -0.3 is 36.3 Å². The van der Waals surface area contributed by atoms with Gasteiger partial charge in [0.2, 0.25) is 6.41 Å². The van der Waals surface area contributed by atoms with Crippen LogP contribution >= 0.6 is 34.8 Å². The van der Waals surface area contributed by atoms with Gasteiger partial charge in [0.15, 0.2) is 5.65 Å². The number of amides is 5. The zero-order valence-electron chi connectivity index (χ0n) is 38.5. The van der Waals surface area contributed by atoms with Crippen LogP contribution in [0.1, 0.15) is 75.9 Å². The molecule has 8 rings (SSSR count). The van der Waals surface area contributed by atoms with Crippen molar-refractivity contribution in [3.05, 3.63) is 147 Å². The Hall–Kier alpha value is -8.14. The number of imide groups is 1. The molecule has 1 atom stereocenters. The molecule has 1 saturated heterocycles. The minimum absolute atomic E-state index is 0.220. The monoisotopic (exact) mass is 999 g/mol. The summed E-state index contributed by atoms with van der Waals surface area (Å²) in [4.78, 5) is 61.9. The smallest absolute Gasteiger partial charge is 0.324 e. The highest BCUT2D eigenvalue weighted by molar-refractivity contribution is 6.47. The third-order valence-electron chi connectivity index (χ3n) is 9.82. The number of benzene rings is 2. The molecule has 0 aliphatic carbocycles. The van der Waals surface area contributed by atoms with E-state index in [-0.39, 0.29) is 18.1 Å². The number of carbonyl (C=O) groups excluding carboxylic acids is 4. The van der Waals surface area contributed by atoms with Gasteiger partial charge in [0.1, 0.15) is 45.0 Å². The Labute approximate surface area is 418 Å². The Morgan fingerprint density at radius 1 is 1.01 bits per heavy atom. The lowest BCUT2D eigenvalue weighted by molar-refractivity contribution is -0.127. The van der Waals surface area contributed by atoms with E-state index >= 15 is 0 Å². The molecule has 1 aliphatic rings. The SMILES string of the molecule is CC(C)(Cl)Cl.Cc1ccc(C)c(C#Cc2cnc(/C=C\C=N)[nH]2)c1.N#Cc1ccc(C(N)=O)n1CCNC=O.O=C1NC(Cc2c[nH]c3c(Cl)cccc23)C(=O)N1CCC#Cc1cnc2cccnn12. The molecule has 0 radical (unpaired) electrons. The van der Waals surface area contributed by atoms with Gasteiger partial charge in [-0.1, -0.05) is 47.7 Å². The molecule has 5 amide bonds. The maximum Gasteiger partial charge on any atom is 0.324 e. The second-order valence-corrected chi connectivity index (χ2v) is 18.1. The van der Waals surface area contributed by atoms with Gasteiger partial charge in [-0.15, -0.1) is 23.2 Å². The number of aromatic amines is 2. The second kappa shape index (κ2) is 25.3. The quantitative estimate of drug-likeness (QED) is 0.0192. The highest BCUT2D eigenvalue weighted by Gasteiger charge is 2.37. The molecule has 1 unspecified atom stereocenters. The first-order valence-electron chi connectivity index (χ1n) is 21.4. The summed E-state index contributed by atoms with van der Waals surface area (Å²) in [5.74, 6) is 12.1. The van der Waals surface area contributed by atoms with Crippen LogP contribution in [0.3, 0.4) is 0 Å². The van der Waals surface area contributed by atoms with Crippen LogP contribution in [0, 0.1) is 54.3 Å². The van der Waals surface area contributed by atoms with Gasteiger partial charge in [0, 0.05) is 62.0 Å². The number of nitrogens with zero attached hydrogens (tertiary/aromatic N) is 7. The molecule has 2 aromatic carbocycles. The minimum atomic E-state index is -0.610. The summed E-state index contributed by atoms with van der Waals surface area (Å²) < 4.78 is 2.56. The number of aryl methyl sites for hydroxylation is 2. The van der Waals surface area contributed by atoms with Crippen LogP contribution in [0.2, 0.25) is 5.02 Å².